The minimum atomic E-state index is -7.22. The van der Waals surface area contributed by atoms with E-state index in [2.05, 4.69) is 11.6 Å². The van der Waals surface area contributed by atoms with Crippen LogP contribution in [0.1, 0.15) is 16.1 Å². The van der Waals surface area contributed by atoms with Crippen LogP contribution in [0.4, 0.5) is 87.8 Å². The third-order valence-corrected chi connectivity index (χ3v) is 9.12. The zero-order chi connectivity index (χ0) is 46.4. The molecular weight excluding hydrogens is 891 g/mol. The van der Waals surface area contributed by atoms with E-state index in [9.17, 15) is 57.5 Å². The van der Waals surface area contributed by atoms with Gasteiger partial charge in [0.2, 0.25) is 12.3 Å². The van der Waals surface area contributed by atoms with Gasteiger partial charge in [0.05, 0.1) is 6.20 Å². The maximum atomic E-state index is 15.4. The van der Waals surface area contributed by atoms with E-state index >= 15 is 35.1 Å². The molecule has 0 fully saturated rings. The molecule has 6 aromatic rings. The molecule has 0 aliphatic carbocycles. The fourth-order valence-corrected chi connectivity index (χ4v) is 6.41. The molecule has 0 amide bonds. The molecule has 24 heteroatoms. The summed E-state index contributed by atoms with van der Waals surface area (Å²) in [6.45, 7) is 3.96. The Morgan fingerprint density at radius 1 is 0.468 bits per heavy atom. The first-order chi connectivity index (χ1) is 29.0. The Balaban J connectivity index is 0.000000355. The van der Waals surface area contributed by atoms with Crippen molar-refractivity contribution >= 4 is 39.9 Å². The lowest BCUT2D eigenvalue weighted by atomic mass is 9.12. The molecular formula is C38H13BF20N2O. The molecule has 0 radical (unpaired) electrons. The molecule has 1 heterocycles. The Labute approximate surface area is 331 Å². The molecule has 1 aromatic heterocycles. The van der Waals surface area contributed by atoms with Crippen molar-refractivity contribution in [2.24, 2.45) is 0 Å². The second kappa shape index (κ2) is 17.3. The fraction of sp³-hybridized carbons (Fsp3) is 0.0263. The van der Waals surface area contributed by atoms with Crippen molar-refractivity contribution in [2.45, 2.75) is 6.54 Å². The van der Waals surface area contributed by atoms with E-state index in [0.717, 1.165) is 11.3 Å². The van der Waals surface area contributed by atoms with Crippen LogP contribution in [0, 0.1) is 116 Å². The summed E-state index contributed by atoms with van der Waals surface area (Å²) in [6.07, 6.45) is -0.328. The van der Waals surface area contributed by atoms with E-state index in [1.54, 1.807) is 29.2 Å². The third-order valence-electron chi connectivity index (χ3n) is 9.12. The van der Waals surface area contributed by atoms with Gasteiger partial charge in [-0.3, -0.25) is 4.79 Å². The Morgan fingerprint density at radius 3 is 1.02 bits per heavy atom. The van der Waals surface area contributed by atoms with Gasteiger partial charge in [-0.2, -0.15) is 4.57 Å². The standard InChI is InChI=1S/C24BF20.C14H13N2O/c26-5-1(6(27)14(35)21(42)13(5)34)25(2-7(28)15(36)22(43)16(37)8(2)29,3-9(30)17(38)23(44)18(39)10(3)31)4-11(32)19(40)24(45)20(41)12(4)33;1-2-13-10-16(9-8-15-13)11-14(17)12-6-4-3-5-7-12/h;2-10H,1,11H2/q-1;+1. The predicted octanol–water partition coefficient (Wildman–Crippen LogP) is 7.74. The SMILES string of the molecule is C=Cc1c[n+](CC(=O)c2ccccc2)ccn1.Fc1c(F)c(F)c([B-](c2c(F)c(F)c(F)c(F)c2F)(c2c(F)c(F)c(F)c(F)c2F)c2c(F)c(F)c(F)c(F)c2F)c(F)c1F. The average Bonchev–Trinajstić information content (AvgIpc) is 3.26. The van der Waals surface area contributed by atoms with E-state index < -0.39 is 144 Å². The first-order valence-corrected chi connectivity index (χ1v) is 16.3. The van der Waals surface area contributed by atoms with Crippen LogP contribution in [0.5, 0.6) is 0 Å². The first kappa shape index (κ1) is 46.3. The van der Waals surface area contributed by atoms with Crippen molar-refractivity contribution in [1.29, 1.82) is 0 Å². The fourth-order valence-electron chi connectivity index (χ4n) is 6.41. The molecule has 0 aliphatic rings. The third kappa shape index (κ3) is 7.29. The average molecular weight is 904 g/mol. The van der Waals surface area contributed by atoms with Crippen LogP contribution >= 0.6 is 0 Å². The van der Waals surface area contributed by atoms with Crippen molar-refractivity contribution in [3.8, 4) is 0 Å². The molecule has 0 saturated heterocycles. The number of carbonyl (C=O) groups excluding carboxylic acids is 1. The van der Waals surface area contributed by atoms with E-state index in [1.165, 1.54) is 0 Å². The summed E-state index contributed by atoms with van der Waals surface area (Å²) < 4.78 is 296. The van der Waals surface area contributed by atoms with E-state index in [4.69, 9.17) is 0 Å². The maximum absolute atomic E-state index is 15.4. The minimum Gasteiger partial charge on any atom is -0.287 e. The molecule has 6 rings (SSSR count). The highest BCUT2D eigenvalue weighted by molar-refractivity contribution is 7.20. The second-order valence-corrected chi connectivity index (χ2v) is 12.4. The lowest BCUT2D eigenvalue weighted by Gasteiger charge is -2.44. The Morgan fingerprint density at radius 2 is 0.742 bits per heavy atom. The number of Topliss-reactive ketones (excluding diaryl/α,β-unsaturated/α-hetero) is 1. The quantitative estimate of drug-likeness (QED) is 0.0392. The number of carbonyl (C=O) groups is 1. The van der Waals surface area contributed by atoms with Crippen molar-refractivity contribution in [2.75, 3.05) is 0 Å². The van der Waals surface area contributed by atoms with Gasteiger partial charge in [-0.05, 0) is 6.08 Å². The van der Waals surface area contributed by atoms with Crippen LogP contribution in [0.3, 0.4) is 0 Å². The molecule has 0 bridgehead atoms. The zero-order valence-corrected chi connectivity index (χ0v) is 29.5. The Kier molecular flexibility index (Phi) is 12.9. The van der Waals surface area contributed by atoms with Crippen LogP contribution in [0.2, 0.25) is 0 Å². The van der Waals surface area contributed by atoms with Crippen molar-refractivity contribution in [3.63, 3.8) is 0 Å². The molecule has 62 heavy (non-hydrogen) atoms. The van der Waals surface area contributed by atoms with Gasteiger partial charge < -0.3 is 0 Å². The number of ketones is 1. The Hall–Kier alpha value is -6.75. The number of benzene rings is 5. The number of hydrogen-bond acceptors (Lipinski definition) is 2. The van der Waals surface area contributed by atoms with Gasteiger partial charge in [-0.15, -0.1) is 21.9 Å². The number of halogens is 20. The zero-order valence-electron chi connectivity index (χ0n) is 29.5. The molecule has 0 saturated carbocycles. The topological polar surface area (TPSA) is 33.8 Å². The Bertz CT molecular complexity index is 2440. The molecule has 0 atom stereocenters. The summed E-state index contributed by atoms with van der Waals surface area (Å²) in [4.78, 5) is 16.0. The van der Waals surface area contributed by atoms with E-state index in [1.807, 2.05) is 30.3 Å². The number of rotatable bonds is 8. The van der Waals surface area contributed by atoms with Gasteiger partial charge in [0.15, 0.2) is 82.2 Å². The molecule has 0 N–H and O–H groups in total. The largest absolute Gasteiger partial charge is 0.287 e. The van der Waals surface area contributed by atoms with Crippen LogP contribution in [-0.2, 0) is 6.54 Å². The molecule has 3 nitrogen and oxygen atoms in total. The van der Waals surface area contributed by atoms with E-state index in [0.29, 0.717) is 6.54 Å². The van der Waals surface area contributed by atoms with Gasteiger partial charge in [0.25, 0.3) is 0 Å². The summed E-state index contributed by atoms with van der Waals surface area (Å²) >= 11 is 0. The minimum absolute atomic E-state index is 0.0804. The molecule has 0 unspecified atom stereocenters. The lowest BCUT2D eigenvalue weighted by molar-refractivity contribution is -0.683. The van der Waals surface area contributed by atoms with Crippen LogP contribution in [0.25, 0.3) is 6.08 Å². The van der Waals surface area contributed by atoms with Crippen LogP contribution in [-0.4, -0.2) is 16.9 Å². The first-order valence-electron chi connectivity index (χ1n) is 16.3. The molecule has 0 aliphatic heterocycles. The van der Waals surface area contributed by atoms with Gasteiger partial charge >= 0.3 is 0 Å². The van der Waals surface area contributed by atoms with Gasteiger partial charge in [-0.25, -0.2) is 92.8 Å². The van der Waals surface area contributed by atoms with E-state index in [-0.39, 0.29) is 5.78 Å². The van der Waals surface area contributed by atoms with Crippen molar-refractivity contribution in [1.82, 2.24) is 4.98 Å². The summed E-state index contributed by atoms with van der Waals surface area (Å²) in [5.74, 6) is -71.3. The predicted molar refractivity (Wildman–Crippen MR) is 175 cm³/mol. The molecule has 324 valence electrons. The number of hydrogen-bond donors (Lipinski definition) is 0. The highest BCUT2D eigenvalue weighted by Crippen LogP contribution is 2.30. The molecule has 5 aromatic carbocycles. The molecule has 0 spiro atoms. The van der Waals surface area contributed by atoms with Crippen molar-refractivity contribution < 1.29 is 97.2 Å². The second-order valence-electron chi connectivity index (χ2n) is 12.4. The van der Waals surface area contributed by atoms with Crippen LogP contribution < -0.4 is 26.4 Å². The summed E-state index contributed by atoms with van der Waals surface area (Å²) in [7, 11) is 0. The smallest absolute Gasteiger partial charge is 0.227 e. The summed E-state index contributed by atoms with van der Waals surface area (Å²) in [5.41, 5.74) is -12.9. The highest BCUT2D eigenvalue weighted by Gasteiger charge is 2.52. The normalized spacial score (nSPS) is 11.4. The maximum Gasteiger partial charge on any atom is 0.227 e. The van der Waals surface area contributed by atoms with Gasteiger partial charge in [0, 0.05) is 5.56 Å². The lowest BCUT2D eigenvalue weighted by Crippen LogP contribution is -2.81. The number of aromatic nitrogens is 2. The number of nitrogens with zero attached hydrogens (tertiary/aromatic N) is 2. The summed E-state index contributed by atoms with van der Waals surface area (Å²) in [6, 6.07) is 9.25. The summed E-state index contributed by atoms with van der Waals surface area (Å²) in [5, 5.41) is 0. The van der Waals surface area contributed by atoms with Gasteiger partial charge in [-0.1, -0.05) is 36.9 Å². The van der Waals surface area contributed by atoms with Crippen molar-refractivity contribution in [3.05, 3.63) is 183 Å². The monoisotopic (exact) mass is 904 g/mol. The van der Waals surface area contributed by atoms with Gasteiger partial charge in [0.1, 0.15) is 58.4 Å². The highest BCUT2D eigenvalue weighted by atomic mass is 19.2. The van der Waals surface area contributed by atoms with Crippen LogP contribution in [0.15, 0.2) is 55.5 Å².